The van der Waals surface area contributed by atoms with Gasteiger partial charge in [0.05, 0.1) is 11.4 Å². The predicted molar refractivity (Wildman–Crippen MR) is 60.6 cm³/mol. The zero-order valence-electron chi connectivity index (χ0n) is 9.60. The van der Waals surface area contributed by atoms with E-state index in [2.05, 4.69) is 6.58 Å². The van der Waals surface area contributed by atoms with Crippen LogP contribution in [0.3, 0.4) is 0 Å². The topological polar surface area (TPSA) is 80.7 Å². The second kappa shape index (κ2) is 6.00. The molecule has 0 aliphatic carbocycles. The van der Waals surface area contributed by atoms with Gasteiger partial charge < -0.3 is 4.74 Å². The lowest BCUT2D eigenvalue weighted by Crippen LogP contribution is -2.31. The molecule has 0 rings (SSSR count). The van der Waals surface area contributed by atoms with E-state index in [4.69, 9.17) is 9.29 Å². The van der Waals surface area contributed by atoms with Crippen LogP contribution in [0, 0.1) is 0 Å². The van der Waals surface area contributed by atoms with Crippen LogP contribution < -0.4 is 0 Å². The van der Waals surface area contributed by atoms with Gasteiger partial charge in [0.2, 0.25) is 0 Å². The lowest BCUT2D eigenvalue weighted by atomic mass is 10.1. The number of rotatable bonds is 7. The molecule has 0 heterocycles. The Kier molecular flexibility index (Phi) is 5.67. The van der Waals surface area contributed by atoms with Gasteiger partial charge in [-0.2, -0.15) is 8.42 Å². The van der Waals surface area contributed by atoms with Crippen molar-refractivity contribution in [1.29, 1.82) is 0 Å². The lowest BCUT2D eigenvalue weighted by molar-refractivity contribution is -0.137. The fraction of sp³-hybridized carbons (Fsp3) is 0.700. The summed E-state index contributed by atoms with van der Waals surface area (Å²) in [5.41, 5.74) is 0. The fourth-order valence-electron chi connectivity index (χ4n) is 1.01. The summed E-state index contributed by atoms with van der Waals surface area (Å²) < 4.78 is 34.3. The Bertz CT molecular complexity index is 342. The Hall–Kier alpha value is -0.880. The highest BCUT2D eigenvalue weighted by atomic mass is 32.2. The molecule has 0 atom stereocenters. The Morgan fingerprint density at radius 2 is 2.00 bits per heavy atom. The third-order valence-electron chi connectivity index (χ3n) is 2.28. The number of hydrogen-bond acceptors (Lipinski definition) is 4. The first-order valence-electron chi connectivity index (χ1n) is 4.97. The summed E-state index contributed by atoms with van der Waals surface area (Å²) in [6, 6.07) is 0. The van der Waals surface area contributed by atoms with Gasteiger partial charge in [0.25, 0.3) is 10.1 Å². The molecule has 0 aromatic heterocycles. The third kappa shape index (κ3) is 5.27. The molecule has 0 aromatic rings. The summed E-state index contributed by atoms with van der Waals surface area (Å²) in [7, 11) is -4.03. The van der Waals surface area contributed by atoms with Crippen molar-refractivity contribution >= 4 is 16.1 Å². The van der Waals surface area contributed by atoms with Crippen molar-refractivity contribution in [2.45, 2.75) is 37.9 Å². The molecular formula is C10H18O5S. The van der Waals surface area contributed by atoms with E-state index >= 15 is 0 Å². The van der Waals surface area contributed by atoms with Crippen LogP contribution in [0.25, 0.3) is 0 Å². The summed E-state index contributed by atoms with van der Waals surface area (Å²) in [5, 5.41) is 0. The summed E-state index contributed by atoms with van der Waals surface area (Å²) in [5.74, 6) is -0.492. The van der Waals surface area contributed by atoms with E-state index in [0.717, 1.165) is 6.08 Å². The molecule has 0 spiro atoms. The van der Waals surface area contributed by atoms with E-state index < -0.39 is 20.8 Å². The second-order valence-electron chi connectivity index (χ2n) is 4.06. The Labute approximate surface area is 96.2 Å². The van der Waals surface area contributed by atoms with Crippen LogP contribution in [-0.2, 0) is 19.6 Å². The van der Waals surface area contributed by atoms with Gasteiger partial charge in [0.1, 0.15) is 0 Å². The van der Waals surface area contributed by atoms with E-state index in [0.29, 0.717) is 19.3 Å². The van der Waals surface area contributed by atoms with Crippen molar-refractivity contribution in [1.82, 2.24) is 0 Å². The molecule has 0 aromatic carbocycles. The highest BCUT2D eigenvalue weighted by Gasteiger charge is 2.31. The van der Waals surface area contributed by atoms with Crippen molar-refractivity contribution in [3.8, 4) is 0 Å². The SMILES string of the molecule is C=CC(=O)OCCCCC(C)(C)S(=O)(=O)O. The fourth-order valence-corrected chi connectivity index (χ4v) is 1.42. The average Bonchev–Trinajstić information content (AvgIpc) is 2.15. The molecule has 0 aliphatic rings. The van der Waals surface area contributed by atoms with Gasteiger partial charge in [0, 0.05) is 6.08 Å². The molecule has 0 aliphatic heterocycles. The molecule has 0 amide bonds. The minimum atomic E-state index is -4.03. The van der Waals surface area contributed by atoms with Crippen LogP contribution >= 0.6 is 0 Å². The van der Waals surface area contributed by atoms with E-state index in [1.807, 2.05) is 0 Å². The van der Waals surface area contributed by atoms with Gasteiger partial charge in [0.15, 0.2) is 0 Å². The zero-order valence-corrected chi connectivity index (χ0v) is 10.4. The van der Waals surface area contributed by atoms with Crippen molar-refractivity contribution < 1.29 is 22.5 Å². The molecule has 0 unspecified atom stereocenters. The summed E-state index contributed by atoms with van der Waals surface area (Å²) in [4.78, 5) is 10.7. The lowest BCUT2D eigenvalue weighted by Gasteiger charge is -2.20. The number of carbonyl (C=O) groups excluding carboxylic acids is 1. The smallest absolute Gasteiger partial charge is 0.330 e. The van der Waals surface area contributed by atoms with Crippen molar-refractivity contribution in [3.63, 3.8) is 0 Å². The quantitative estimate of drug-likeness (QED) is 0.321. The average molecular weight is 250 g/mol. The van der Waals surface area contributed by atoms with Gasteiger partial charge in [-0.25, -0.2) is 4.79 Å². The maximum Gasteiger partial charge on any atom is 0.330 e. The first kappa shape index (κ1) is 15.1. The van der Waals surface area contributed by atoms with Gasteiger partial charge in [-0.15, -0.1) is 0 Å². The Morgan fingerprint density at radius 1 is 1.44 bits per heavy atom. The third-order valence-corrected chi connectivity index (χ3v) is 3.88. The molecule has 94 valence electrons. The summed E-state index contributed by atoms with van der Waals surface area (Å²) in [6.07, 6.45) is 2.50. The molecule has 0 bridgehead atoms. The van der Waals surface area contributed by atoms with Crippen LogP contribution in [0.1, 0.15) is 33.1 Å². The van der Waals surface area contributed by atoms with E-state index in [1.165, 1.54) is 13.8 Å². The number of unbranched alkanes of at least 4 members (excludes halogenated alkanes) is 1. The molecule has 0 saturated heterocycles. The molecule has 6 heteroatoms. The minimum absolute atomic E-state index is 0.229. The first-order chi connectivity index (χ1) is 7.20. The standard InChI is InChI=1S/C10H18O5S/c1-4-9(11)15-8-6-5-7-10(2,3)16(12,13)14/h4H,1,5-8H2,2-3H3,(H,12,13,14). The molecule has 1 N–H and O–H groups in total. The Balaban J connectivity index is 3.83. The number of esters is 1. The predicted octanol–water partition coefficient (Wildman–Crippen LogP) is 1.55. The highest BCUT2D eigenvalue weighted by Crippen LogP contribution is 2.21. The molecule has 16 heavy (non-hydrogen) atoms. The molecule has 0 radical (unpaired) electrons. The first-order valence-corrected chi connectivity index (χ1v) is 6.41. The van der Waals surface area contributed by atoms with Crippen LogP contribution in [-0.4, -0.2) is 30.3 Å². The minimum Gasteiger partial charge on any atom is -0.463 e. The van der Waals surface area contributed by atoms with Crippen molar-refractivity contribution in [2.24, 2.45) is 0 Å². The van der Waals surface area contributed by atoms with E-state index in [9.17, 15) is 13.2 Å². The number of hydrogen-bond donors (Lipinski definition) is 1. The van der Waals surface area contributed by atoms with Crippen LogP contribution in [0.2, 0.25) is 0 Å². The summed E-state index contributed by atoms with van der Waals surface area (Å²) in [6.45, 7) is 6.39. The Morgan fingerprint density at radius 3 is 2.44 bits per heavy atom. The number of carbonyl (C=O) groups is 1. The second-order valence-corrected chi connectivity index (χ2v) is 6.12. The van der Waals surface area contributed by atoms with Crippen molar-refractivity contribution in [2.75, 3.05) is 6.61 Å². The van der Waals surface area contributed by atoms with Crippen molar-refractivity contribution in [3.05, 3.63) is 12.7 Å². The summed E-state index contributed by atoms with van der Waals surface area (Å²) >= 11 is 0. The van der Waals surface area contributed by atoms with E-state index in [-0.39, 0.29) is 6.61 Å². The molecule has 0 fully saturated rings. The van der Waals surface area contributed by atoms with Crippen LogP contribution in [0.15, 0.2) is 12.7 Å². The van der Waals surface area contributed by atoms with Gasteiger partial charge in [-0.1, -0.05) is 6.58 Å². The molecule has 0 saturated carbocycles. The highest BCUT2D eigenvalue weighted by molar-refractivity contribution is 7.87. The van der Waals surface area contributed by atoms with E-state index in [1.54, 1.807) is 0 Å². The molecule has 5 nitrogen and oxygen atoms in total. The maximum absolute atomic E-state index is 10.9. The van der Waals surface area contributed by atoms with Crippen LogP contribution in [0.4, 0.5) is 0 Å². The van der Waals surface area contributed by atoms with Gasteiger partial charge in [-0.3, -0.25) is 4.55 Å². The molecular weight excluding hydrogens is 232 g/mol. The maximum atomic E-state index is 10.9. The normalized spacial score (nSPS) is 12.2. The van der Waals surface area contributed by atoms with Gasteiger partial charge in [-0.05, 0) is 33.1 Å². The number of ether oxygens (including phenoxy) is 1. The van der Waals surface area contributed by atoms with Crippen LogP contribution in [0.5, 0.6) is 0 Å². The van der Waals surface area contributed by atoms with Gasteiger partial charge >= 0.3 is 5.97 Å². The monoisotopic (exact) mass is 250 g/mol. The largest absolute Gasteiger partial charge is 0.463 e. The zero-order chi connectivity index (χ0) is 12.8.